The van der Waals surface area contributed by atoms with E-state index in [-0.39, 0.29) is 11.7 Å². The molecule has 0 spiro atoms. The third kappa shape index (κ3) is 2.65. The van der Waals surface area contributed by atoms with E-state index in [1.54, 1.807) is 6.20 Å². The molecule has 1 aromatic carbocycles. The molecule has 0 fully saturated rings. The number of nitrogen functional groups attached to an aromatic ring is 1. The first-order chi connectivity index (χ1) is 10.2. The molecule has 1 heterocycles. The van der Waals surface area contributed by atoms with Crippen LogP contribution in [-0.2, 0) is 11.2 Å². The van der Waals surface area contributed by atoms with Gasteiger partial charge in [0.05, 0.1) is 25.5 Å². The first kappa shape index (κ1) is 13.4. The Morgan fingerprint density at radius 1 is 1.43 bits per heavy atom. The average Bonchev–Trinajstić information content (AvgIpc) is 2.89. The van der Waals surface area contributed by atoms with Gasteiger partial charge in [0.15, 0.2) is 5.69 Å². The van der Waals surface area contributed by atoms with Crippen molar-refractivity contribution in [3.05, 3.63) is 47.4 Å². The normalized spacial score (nSPS) is 16.3. The lowest BCUT2D eigenvalue weighted by Gasteiger charge is -2.15. The highest BCUT2D eigenvalue weighted by Gasteiger charge is 2.23. The largest absolute Gasteiger partial charge is 0.464 e. The highest BCUT2D eigenvalue weighted by molar-refractivity contribution is 5.87. The van der Waals surface area contributed by atoms with Crippen molar-refractivity contribution in [2.75, 3.05) is 18.2 Å². The Morgan fingerprint density at radius 2 is 2.29 bits per heavy atom. The van der Waals surface area contributed by atoms with E-state index in [0.29, 0.717) is 5.82 Å². The maximum atomic E-state index is 11.5. The van der Waals surface area contributed by atoms with Gasteiger partial charge in [0.2, 0.25) is 0 Å². The Labute approximate surface area is 122 Å². The number of carbonyl (C=O) groups is 1. The zero-order chi connectivity index (χ0) is 14.8. The van der Waals surface area contributed by atoms with Gasteiger partial charge in [-0.1, -0.05) is 6.07 Å². The molecule has 2 aromatic rings. The number of benzene rings is 1. The number of esters is 1. The average molecular weight is 284 g/mol. The predicted octanol–water partition coefficient (Wildman–Crippen LogP) is 1.94. The zero-order valence-corrected chi connectivity index (χ0v) is 11.7. The maximum absolute atomic E-state index is 11.5. The van der Waals surface area contributed by atoms with Crippen LogP contribution in [0.15, 0.2) is 30.6 Å². The molecule has 6 heteroatoms. The Kier molecular flexibility index (Phi) is 3.43. The second-order valence-corrected chi connectivity index (χ2v) is 4.97. The summed E-state index contributed by atoms with van der Waals surface area (Å²) in [4.78, 5) is 19.7. The van der Waals surface area contributed by atoms with Crippen LogP contribution in [0, 0.1) is 0 Å². The summed E-state index contributed by atoms with van der Waals surface area (Å²) in [5.74, 6) is 0.0679. The molecule has 1 aliphatic rings. The van der Waals surface area contributed by atoms with Crippen molar-refractivity contribution in [1.29, 1.82) is 0 Å². The van der Waals surface area contributed by atoms with Crippen molar-refractivity contribution in [2.45, 2.75) is 18.9 Å². The smallest absolute Gasteiger partial charge is 0.358 e. The minimum absolute atomic E-state index is 0.155. The number of ether oxygens (including phenoxy) is 1. The van der Waals surface area contributed by atoms with Gasteiger partial charge in [0.25, 0.3) is 0 Å². The minimum atomic E-state index is -0.495. The molecule has 0 bridgehead atoms. The van der Waals surface area contributed by atoms with Gasteiger partial charge in [-0.3, -0.25) is 4.98 Å². The quantitative estimate of drug-likeness (QED) is 0.661. The van der Waals surface area contributed by atoms with Crippen molar-refractivity contribution < 1.29 is 9.53 Å². The molecule has 108 valence electrons. The summed E-state index contributed by atoms with van der Waals surface area (Å²) in [5.41, 5.74) is 9.25. The van der Waals surface area contributed by atoms with Crippen LogP contribution in [0.25, 0.3) is 0 Å². The monoisotopic (exact) mass is 284 g/mol. The van der Waals surface area contributed by atoms with Gasteiger partial charge in [-0.25, -0.2) is 9.78 Å². The first-order valence-corrected chi connectivity index (χ1v) is 6.72. The SMILES string of the molecule is COC(=O)c1cncc(NC2CCc3cc(N)ccc32)n1. The summed E-state index contributed by atoms with van der Waals surface area (Å²) in [5, 5.41) is 3.31. The van der Waals surface area contributed by atoms with Crippen LogP contribution in [0.5, 0.6) is 0 Å². The van der Waals surface area contributed by atoms with E-state index in [1.807, 2.05) is 18.2 Å². The Hall–Kier alpha value is -2.63. The molecule has 0 saturated carbocycles. The van der Waals surface area contributed by atoms with E-state index < -0.39 is 5.97 Å². The molecule has 21 heavy (non-hydrogen) atoms. The summed E-state index contributed by atoms with van der Waals surface area (Å²) in [6.45, 7) is 0. The van der Waals surface area contributed by atoms with E-state index in [2.05, 4.69) is 20.0 Å². The molecule has 1 aromatic heterocycles. The van der Waals surface area contributed by atoms with Gasteiger partial charge in [0.1, 0.15) is 5.82 Å². The summed E-state index contributed by atoms with van der Waals surface area (Å²) >= 11 is 0. The minimum Gasteiger partial charge on any atom is -0.464 e. The van der Waals surface area contributed by atoms with Crippen molar-refractivity contribution in [3.8, 4) is 0 Å². The lowest BCUT2D eigenvalue weighted by molar-refractivity contribution is 0.0593. The summed E-state index contributed by atoms with van der Waals surface area (Å²) in [6.07, 6.45) is 4.92. The van der Waals surface area contributed by atoms with Crippen LogP contribution >= 0.6 is 0 Å². The highest BCUT2D eigenvalue weighted by atomic mass is 16.5. The van der Waals surface area contributed by atoms with Gasteiger partial charge in [0, 0.05) is 5.69 Å². The van der Waals surface area contributed by atoms with Crippen LogP contribution < -0.4 is 11.1 Å². The third-order valence-electron chi connectivity index (χ3n) is 3.60. The molecule has 1 atom stereocenters. The molecular weight excluding hydrogens is 268 g/mol. The van der Waals surface area contributed by atoms with E-state index >= 15 is 0 Å². The third-order valence-corrected chi connectivity index (χ3v) is 3.60. The molecule has 1 aliphatic carbocycles. The number of carbonyl (C=O) groups excluding carboxylic acids is 1. The van der Waals surface area contributed by atoms with Crippen molar-refractivity contribution >= 4 is 17.5 Å². The van der Waals surface area contributed by atoms with Gasteiger partial charge in [-0.05, 0) is 36.1 Å². The van der Waals surface area contributed by atoms with Crippen molar-refractivity contribution in [2.24, 2.45) is 0 Å². The molecule has 3 N–H and O–H groups in total. The molecule has 0 saturated heterocycles. The van der Waals surface area contributed by atoms with Gasteiger partial charge in [-0.15, -0.1) is 0 Å². The Balaban J connectivity index is 1.81. The molecular formula is C15H16N4O2. The second kappa shape index (κ2) is 5.40. The number of rotatable bonds is 3. The first-order valence-electron chi connectivity index (χ1n) is 6.72. The van der Waals surface area contributed by atoms with E-state index in [4.69, 9.17) is 5.73 Å². The molecule has 0 amide bonds. The molecule has 6 nitrogen and oxygen atoms in total. The number of hydrogen-bond donors (Lipinski definition) is 2. The summed E-state index contributed by atoms with van der Waals surface area (Å²) in [7, 11) is 1.32. The van der Waals surface area contributed by atoms with Crippen LogP contribution in [-0.4, -0.2) is 23.0 Å². The lowest BCUT2D eigenvalue weighted by Crippen LogP contribution is -2.12. The molecule has 0 aliphatic heterocycles. The van der Waals surface area contributed by atoms with E-state index in [1.165, 1.54) is 24.4 Å². The van der Waals surface area contributed by atoms with E-state index in [0.717, 1.165) is 18.5 Å². The van der Waals surface area contributed by atoms with Crippen molar-refractivity contribution in [3.63, 3.8) is 0 Å². The fourth-order valence-corrected chi connectivity index (χ4v) is 2.60. The number of nitrogens with zero attached hydrogens (tertiary/aromatic N) is 2. The standard InChI is InChI=1S/C15H16N4O2/c1-21-15(20)13-7-17-8-14(19-13)18-12-5-2-9-6-10(16)3-4-11(9)12/h3-4,6-8,12H,2,5,16H2,1H3,(H,18,19). The fraction of sp³-hybridized carbons (Fsp3) is 0.267. The zero-order valence-electron chi connectivity index (χ0n) is 11.7. The van der Waals surface area contributed by atoms with Gasteiger partial charge < -0.3 is 15.8 Å². The number of nitrogens with one attached hydrogen (secondary N) is 1. The highest BCUT2D eigenvalue weighted by Crippen LogP contribution is 2.34. The lowest BCUT2D eigenvalue weighted by atomic mass is 10.1. The molecule has 1 unspecified atom stereocenters. The Bertz CT molecular complexity index is 687. The van der Waals surface area contributed by atoms with E-state index in [9.17, 15) is 4.79 Å². The number of hydrogen-bond acceptors (Lipinski definition) is 6. The maximum Gasteiger partial charge on any atom is 0.358 e. The topological polar surface area (TPSA) is 90.1 Å². The fourth-order valence-electron chi connectivity index (χ4n) is 2.60. The van der Waals surface area contributed by atoms with Crippen LogP contribution in [0.2, 0.25) is 0 Å². The van der Waals surface area contributed by atoms with Gasteiger partial charge in [-0.2, -0.15) is 0 Å². The molecule has 3 rings (SSSR count). The number of aryl methyl sites for hydroxylation is 1. The summed E-state index contributed by atoms with van der Waals surface area (Å²) in [6, 6.07) is 6.10. The summed E-state index contributed by atoms with van der Waals surface area (Å²) < 4.78 is 4.65. The molecule has 0 radical (unpaired) electrons. The number of anilines is 2. The Morgan fingerprint density at radius 3 is 3.10 bits per heavy atom. The van der Waals surface area contributed by atoms with Crippen LogP contribution in [0.4, 0.5) is 11.5 Å². The number of nitrogens with two attached hydrogens (primary N) is 1. The van der Waals surface area contributed by atoms with Crippen LogP contribution in [0.1, 0.15) is 34.1 Å². The number of aromatic nitrogens is 2. The van der Waals surface area contributed by atoms with Gasteiger partial charge >= 0.3 is 5.97 Å². The van der Waals surface area contributed by atoms with Crippen LogP contribution in [0.3, 0.4) is 0 Å². The second-order valence-electron chi connectivity index (χ2n) is 4.97. The predicted molar refractivity (Wildman–Crippen MR) is 78.9 cm³/mol. The van der Waals surface area contributed by atoms with Crippen molar-refractivity contribution in [1.82, 2.24) is 9.97 Å². The number of methoxy groups -OCH3 is 1. The number of fused-ring (bicyclic) bond motifs is 1.